The molecule has 0 atom stereocenters. The molecule has 1 saturated heterocycles. The van der Waals surface area contributed by atoms with Gasteiger partial charge in [-0.1, -0.05) is 31.2 Å². The lowest BCUT2D eigenvalue weighted by Crippen LogP contribution is -2.33. The third kappa shape index (κ3) is 4.32. The van der Waals surface area contributed by atoms with Crippen LogP contribution in [-0.4, -0.2) is 38.7 Å². The number of piperidine rings is 1. The van der Waals surface area contributed by atoms with Crippen LogP contribution in [0.2, 0.25) is 0 Å². The lowest BCUT2D eigenvalue weighted by atomic mass is 9.99. The molecule has 0 unspecified atom stereocenters. The highest BCUT2D eigenvalue weighted by atomic mass is 16.1. The molecular weight excluding hydrogens is 400 g/mol. The molecule has 1 amide bonds. The van der Waals surface area contributed by atoms with Crippen molar-refractivity contribution < 1.29 is 4.79 Å². The number of hydrogen-bond acceptors (Lipinski definition) is 5. The maximum absolute atomic E-state index is 12.5. The van der Waals surface area contributed by atoms with Gasteiger partial charge < -0.3 is 14.8 Å². The first-order chi connectivity index (χ1) is 15.7. The smallest absolute Gasteiger partial charge is 0.244 e. The van der Waals surface area contributed by atoms with Crippen LogP contribution in [0, 0.1) is 5.92 Å². The van der Waals surface area contributed by atoms with E-state index in [-0.39, 0.29) is 12.5 Å². The number of carbonyl (C=O) groups is 1. The van der Waals surface area contributed by atoms with Gasteiger partial charge in [0, 0.05) is 24.3 Å². The van der Waals surface area contributed by atoms with Crippen LogP contribution in [0.3, 0.4) is 0 Å². The van der Waals surface area contributed by atoms with E-state index < -0.39 is 0 Å². The van der Waals surface area contributed by atoms with Crippen LogP contribution in [-0.2, 0) is 11.3 Å². The van der Waals surface area contributed by atoms with Gasteiger partial charge in [-0.2, -0.15) is 0 Å². The molecule has 0 aliphatic carbocycles. The molecule has 2 aromatic carbocycles. The standard InChI is InChI=1S/C25H26N6O/c1-18-12-14-30(15-13-18)24-11-10-21(28-29-24)19-6-8-20(9-7-19)27-25(32)16-31-17-26-22-4-2-3-5-23(22)31/h2-11,17-18H,12-16H2,1H3,(H,27,32). The number of hydrogen-bond donors (Lipinski definition) is 1. The third-order valence-corrected chi connectivity index (χ3v) is 6.06. The molecule has 1 N–H and O–H groups in total. The van der Waals surface area contributed by atoms with Crippen LogP contribution in [0.1, 0.15) is 19.8 Å². The number of para-hydroxylation sites is 2. The molecule has 0 radical (unpaired) electrons. The average molecular weight is 427 g/mol. The molecule has 162 valence electrons. The van der Waals surface area contributed by atoms with Gasteiger partial charge in [-0.15, -0.1) is 10.2 Å². The van der Waals surface area contributed by atoms with Crippen LogP contribution >= 0.6 is 0 Å². The monoisotopic (exact) mass is 426 g/mol. The van der Waals surface area contributed by atoms with Crippen molar-refractivity contribution in [2.75, 3.05) is 23.3 Å². The highest BCUT2D eigenvalue weighted by molar-refractivity contribution is 5.91. The van der Waals surface area contributed by atoms with Crippen molar-refractivity contribution in [3.05, 3.63) is 67.0 Å². The summed E-state index contributed by atoms with van der Waals surface area (Å²) in [5.41, 5.74) is 4.36. The molecule has 32 heavy (non-hydrogen) atoms. The van der Waals surface area contributed by atoms with Gasteiger partial charge >= 0.3 is 0 Å². The summed E-state index contributed by atoms with van der Waals surface area (Å²) in [5.74, 6) is 1.63. The predicted molar refractivity (Wildman–Crippen MR) is 126 cm³/mol. The zero-order chi connectivity index (χ0) is 21.9. The molecule has 1 fully saturated rings. The van der Waals surface area contributed by atoms with Crippen LogP contribution in [0.5, 0.6) is 0 Å². The quantitative estimate of drug-likeness (QED) is 0.513. The Hall–Kier alpha value is -3.74. The van der Waals surface area contributed by atoms with Gasteiger partial charge in [-0.25, -0.2) is 4.98 Å². The van der Waals surface area contributed by atoms with Crippen molar-refractivity contribution in [2.45, 2.75) is 26.3 Å². The number of nitrogens with zero attached hydrogens (tertiary/aromatic N) is 5. The van der Waals surface area contributed by atoms with Gasteiger partial charge in [-0.05, 0) is 55.2 Å². The van der Waals surface area contributed by atoms with Crippen molar-refractivity contribution in [3.63, 3.8) is 0 Å². The summed E-state index contributed by atoms with van der Waals surface area (Å²) in [6, 6.07) is 19.5. The van der Waals surface area contributed by atoms with E-state index >= 15 is 0 Å². The van der Waals surface area contributed by atoms with Crippen LogP contribution in [0.15, 0.2) is 67.0 Å². The van der Waals surface area contributed by atoms with E-state index in [0.29, 0.717) is 0 Å². The maximum atomic E-state index is 12.5. The van der Waals surface area contributed by atoms with Crippen LogP contribution in [0.25, 0.3) is 22.3 Å². The van der Waals surface area contributed by atoms with E-state index in [4.69, 9.17) is 0 Å². The molecule has 2 aromatic heterocycles. The minimum atomic E-state index is -0.0964. The lowest BCUT2D eigenvalue weighted by Gasteiger charge is -2.30. The summed E-state index contributed by atoms with van der Waals surface area (Å²) in [6.45, 7) is 4.60. The molecule has 5 rings (SSSR count). The van der Waals surface area contributed by atoms with Crippen molar-refractivity contribution >= 4 is 28.4 Å². The Bertz CT molecular complexity index is 1210. The summed E-state index contributed by atoms with van der Waals surface area (Å²) < 4.78 is 1.85. The number of carbonyl (C=O) groups excluding carboxylic acids is 1. The second-order valence-corrected chi connectivity index (χ2v) is 8.43. The summed E-state index contributed by atoms with van der Waals surface area (Å²) in [6.07, 6.45) is 4.10. The summed E-state index contributed by atoms with van der Waals surface area (Å²) in [5, 5.41) is 11.8. The van der Waals surface area contributed by atoms with Gasteiger partial charge in [0.2, 0.25) is 5.91 Å². The van der Waals surface area contributed by atoms with E-state index in [1.807, 2.05) is 65.2 Å². The van der Waals surface area contributed by atoms with Gasteiger partial charge in [0.1, 0.15) is 6.54 Å². The molecule has 0 bridgehead atoms. The van der Waals surface area contributed by atoms with Gasteiger partial charge in [0.25, 0.3) is 0 Å². The Labute approximate surface area is 187 Å². The first-order valence-electron chi connectivity index (χ1n) is 11.0. The van der Waals surface area contributed by atoms with Crippen LogP contribution in [0.4, 0.5) is 11.5 Å². The fourth-order valence-corrected chi connectivity index (χ4v) is 4.10. The van der Waals surface area contributed by atoms with Crippen molar-refractivity contribution in [3.8, 4) is 11.3 Å². The summed E-state index contributed by atoms with van der Waals surface area (Å²) in [4.78, 5) is 19.1. The number of nitrogens with one attached hydrogen (secondary N) is 1. The number of aromatic nitrogens is 4. The molecule has 7 nitrogen and oxygen atoms in total. The van der Waals surface area contributed by atoms with E-state index in [9.17, 15) is 4.79 Å². The van der Waals surface area contributed by atoms with Gasteiger partial charge in [-0.3, -0.25) is 4.79 Å². The number of anilines is 2. The highest BCUT2D eigenvalue weighted by Crippen LogP contribution is 2.24. The van der Waals surface area contributed by atoms with E-state index in [2.05, 4.69) is 32.3 Å². The minimum absolute atomic E-state index is 0.0964. The Morgan fingerprint density at radius 1 is 1.00 bits per heavy atom. The first-order valence-corrected chi connectivity index (χ1v) is 11.0. The third-order valence-electron chi connectivity index (χ3n) is 6.06. The molecule has 0 saturated carbocycles. The minimum Gasteiger partial charge on any atom is -0.355 e. The van der Waals surface area contributed by atoms with E-state index in [1.165, 1.54) is 12.8 Å². The van der Waals surface area contributed by atoms with Gasteiger partial charge in [0.05, 0.1) is 23.1 Å². The topological polar surface area (TPSA) is 75.9 Å². The second-order valence-electron chi connectivity index (χ2n) is 8.43. The second kappa shape index (κ2) is 8.78. The fourth-order valence-electron chi connectivity index (χ4n) is 4.10. The van der Waals surface area contributed by atoms with E-state index in [1.54, 1.807) is 6.33 Å². The summed E-state index contributed by atoms with van der Waals surface area (Å²) >= 11 is 0. The fraction of sp³-hybridized carbons (Fsp3) is 0.280. The van der Waals surface area contributed by atoms with Crippen molar-refractivity contribution in [1.82, 2.24) is 19.7 Å². The molecular formula is C25H26N6O. The predicted octanol–water partition coefficient (Wildman–Crippen LogP) is 4.37. The number of benzene rings is 2. The molecule has 1 aliphatic rings. The number of fused-ring (bicyclic) bond motifs is 1. The maximum Gasteiger partial charge on any atom is 0.244 e. The summed E-state index contributed by atoms with van der Waals surface area (Å²) in [7, 11) is 0. The zero-order valence-electron chi connectivity index (χ0n) is 18.1. The first kappa shape index (κ1) is 20.2. The molecule has 7 heteroatoms. The number of amides is 1. The zero-order valence-corrected chi connectivity index (χ0v) is 18.1. The number of rotatable bonds is 5. The van der Waals surface area contributed by atoms with Gasteiger partial charge in [0.15, 0.2) is 5.82 Å². The molecule has 4 aromatic rings. The number of imidazole rings is 1. The van der Waals surface area contributed by atoms with Crippen molar-refractivity contribution in [1.29, 1.82) is 0 Å². The average Bonchev–Trinajstić information content (AvgIpc) is 3.23. The Balaban J connectivity index is 1.21. The molecule has 3 heterocycles. The Morgan fingerprint density at radius 3 is 2.53 bits per heavy atom. The SMILES string of the molecule is CC1CCN(c2ccc(-c3ccc(NC(=O)Cn4cnc5ccccc54)cc3)nn2)CC1. The largest absolute Gasteiger partial charge is 0.355 e. The highest BCUT2D eigenvalue weighted by Gasteiger charge is 2.17. The Morgan fingerprint density at radius 2 is 1.78 bits per heavy atom. The normalized spacial score (nSPS) is 14.6. The Kier molecular flexibility index (Phi) is 5.54. The van der Waals surface area contributed by atoms with E-state index in [0.717, 1.165) is 52.8 Å². The lowest BCUT2D eigenvalue weighted by molar-refractivity contribution is -0.116. The molecule has 1 aliphatic heterocycles. The van der Waals surface area contributed by atoms with Crippen LogP contribution < -0.4 is 10.2 Å². The molecule has 0 spiro atoms. The van der Waals surface area contributed by atoms with Crippen molar-refractivity contribution in [2.24, 2.45) is 5.92 Å².